The third kappa shape index (κ3) is 5.29. The number of fused-ring (bicyclic) bond motifs is 1. The lowest BCUT2D eigenvalue weighted by Gasteiger charge is -2.09. The number of rotatable bonds is 8. The number of imidazole rings is 1. The van der Waals surface area contributed by atoms with Gasteiger partial charge >= 0.3 is 18.0 Å². The first kappa shape index (κ1) is 24.3. The first-order chi connectivity index (χ1) is 17.1. The molecule has 12 nitrogen and oxygen atoms in total. The van der Waals surface area contributed by atoms with E-state index in [2.05, 4.69) is 25.8 Å². The Balaban J connectivity index is 1.33. The topological polar surface area (TPSA) is 158 Å². The van der Waals surface area contributed by atoms with Crippen LogP contribution in [0.2, 0.25) is 0 Å². The van der Waals surface area contributed by atoms with E-state index in [-0.39, 0.29) is 41.2 Å². The summed E-state index contributed by atoms with van der Waals surface area (Å²) in [6.45, 7) is -0.449. The second-order valence-electron chi connectivity index (χ2n) is 7.34. The van der Waals surface area contributed by atoms with Gasteiger partial charge in [0.2, 0.25) is 5.82 Å². The molecule has 36 heavy (non-hydrogen) atoms. The molecule has 0 bridgehead atoms. The fourth-order valence-corrected chi connectivity index (χ4v) is 3.27. The van der Waals surface area contributed by atoms with Gasteiger partial charge in [-0.1, -0.05) is 17.3 Å². The Morgan fingerprint density at radius 2 is 1.67 bits per heavy atom. The zero-order chi connectivity index (χ0) is 25.9. The van der Waals surface area contributed by atoms with Gasteiger partial charge in [0.1, 0.15) is 0 Å². The molecule has 15 heteroatoms. The largest absolute Gasteiger partial charge is 0.449 e. The predicted molar refractivity (Wildman–Crippen MR) is 116 cm³/mol. The molecule has 2 amide bonds. The molecule has 0 aliphatic carbocycles. The number of carbonyl (C=O) groups excluding carboxylic acids is 2. The minimum absolute atomic E-state index is 0.0124. The third-order valence-electron chi connectivity index (χ3n) is 4.91. The van der Waals surface area contributed by atoms with Crippen LogP contribution < -0.4 is 10.6 Å². The van der Waals surface area contributed by atoms with Crippen LogP contribution in [0.1, 0.15) is 32.7 Å². The molecular formula is C21H16F3N7O5. The zero-order valence-corrected chi connectivity index (χ0v) is 18.2. The standard InChI is InChI=1S/C21H16F3N7O5/c22-21(23,24)20-27-14-3-1-2-4-15(14)30(20)11-16-28-19(36-29-16)18(33)26-10-9-25-17(32)12-5-7-13(8-6-12)31(34)35/h1-8H,9-11H2,(H,25,32)(H,26,33). The number of non-ortho nitro benzene ring substituents is 1. The summed E-state index contributed by atoms with van der Waals surface area (Å²) >= 11 is 0. The summed E-state index contributed by atoms with van der Waals surface area (Å²) in [5.74, 6) is -3.06. The van der Waals surface area contributed by atoms with E-state index >= 15 is 0 Å². The van der Waals surface area contributed by atoms with E-state index in [1.807, 2.05) is 0 Å². The number of para-hydroxylation sites is 2. The molecule has 2 aromatic carbocycles. The van der Waals surface area contributed by atoms with Crippen molar-refractivity contribution in [2.45, 2.75) is 12.7 Å². The van der Waals surface area contributed by atoms with Crippen molar-refractivity contribution in [2.24, 2.45) is 0 Å². The molecular weight excluding hydrogens is 487 g/mol. The van der Waals surface area contributed by atoms with Crippen LogP contribution >= 0.6 is 0 Å². The summed E-state index contributed by atoms with van der Waals surface area (Å²) in [6.07, 6.45) is -4.72. The summed E-state index contributed by atoms with van der Waals surface area (Å²) in [7, 11) is 0. The van der Waals surface area contributed by atoms with Gasteiger partial charge in [-0.2, -0.15) is 18.2 Å². The summed E-state index contributed by atoms with van der Waals surface area (Å²) in [5.41, 5.74) is 0.388. The van der Waals surface area contributed by atoms with Crippen molar-refractivity contribution >= 4 is 28.5 Å². The normalized spacial score (nSPS) is 11.4. The maximum atomic E-state index is 13.4. The van der Waals surface area contributed by atoms with Crippen molar-refractivity contribution < 1.29 is 32.2 Å². The molecule has 2 heterocycles. The van der Waals surface area contributed by atoms with Crippen molar-refractivity contribution in [1.29, 1.82) is 0 Å². The van der Waals surface area contributed by atoms with Gasteiger partial charge in [0.25, 0.3) is 11.6 Å². The number of halogens is 3. The molecule has 4 aromatic rings. The van der Waals surface area contributed by atoms with Gasteiger partial charge in [-0.25, -0.2) is 4.98 Å². The SMILES string of the molecule is O=C(NCCNC(=O)c1nc(Cn2c(C(F)(F)F)nc3ccccc32)no1)c1ccc([N+](=O)[O-])cc1. The molecule has 0 atom stereocenters. The Morgan fingerprint density at radius 1 is 1.00 bits per heavy atom. The highest BCUT2D eigenvalue weighted by Crippen LogP contribution is 2.31. The highest BCUT2D eigenvalue weighted by atomic mass is 19.4. The average Bonchev–Trinajstić information content (AvgIpc) is 3.47. The first-order valence-corrected chi connectivity index (χ1v) is 10.3. The number of nitrogens with zero attached hydrogens (tertiary/aromatic N) is 5. The average molecular weight is 503 g/mol. The van der Waals surface area contributed by atoms with Crippen molar-refractivity contribution in [3.63, 3.8) is 0 Å². The lowest BCUT2D eigenvalue weighted by atomic mass is 10.2. The van der Waals surface area contributed by atoms with Crippen LogP contribution in [0, 0.1) is 10.1 Å². The maximum Gasteiger partial charge on any atom is 0.449 e. The molecule has 2 aromatic heterocycles. The molecule has 0 saturated heterocycles. The second-order valence-corrected chi connectivity index (χ2v) is 7.34. The molecule has 0 saturated carbocycles. The highest BCUT2D eigenvalue weighted by molar-refractivity contribution is 5.94. The van der Waals surface area contributed by atoms with Crippen molar-refractivity contribution in [1.82, 2.24) is 30.3 Å². The molecule has 4 rings (SSSR count). The van der Waals surface area contributed by atoms with Gasteiger partial charge in [0.15, 0.2) is 5.82 Å². The van der Waals surface area contributed by atoms with E-state index < -0.39 is 41.2 Å². The monoisotopic (exact) mass is 503 g/mol. The second kappa shape index (κ2) is 9.81. The van der Waals surface area contributed by atoms with Crippen LogP contribution in [0.5, 0.6) is 0 Å². The number of nitro benzene ring substituents is 1. The van der Waals surface area contributed by atoms with E-state index in [1.54, 1.807) is 12.1 Å². The number of alkyl halides is 3. The highest BCUT2D eigenvalue weighted by Gasteiger charge is 2.38. The molecule has 0 radical (unpaired) electrons. The number of nitrogens with one attached hydrogen (secondary N) is 2. The van der Waals surface area contributed by atoms with E-state index in [4.69, 9.17) is 4.52 Å². The van der Waals surface area contributed by atoms with Gasteiger partial charge in [-0.15, -0.1) is 0 Å². The Labute approximate surface area is 199 Å². The number of nitro groups is 1. The molecule has 0 spiro atoms. The lowest BCUT2D eigenvalue weighted by molar-refractivity contribution is -0.384. The van der Waals surface area contributed by atoms with Gasteiger partial charge in [-0.3, -0.25) is 19.7 Å². The minimum atomic E-state index is -4.72. The molecule has 0 aliphatic heterocycles. The van der Waals surface area contributed by atoms with E-state index in [1.165, 1.54) is 36.4 Å². The van der Waals surface area contributed by atoms with Crippen LogP contribution in [0.25, 0.3) is 11.0 Å². The molecule has 0 unspecified atom stereocenters. The summed E-state index contributed by atoms with van der Waals surface area (Å²) in [4.78, 5) is 41.8. The number of amides is 2. The van der Waals surface area contributed by atoms with Gasteiger partial charge in [0.05, 0.1) is 22.5 Å². The number of hydrogen-bond donors (Lipinski definition) is 2. The first-order valence-electron chi connectivity index (χ1n) is 10.3. The van der Waals surface area contributed by atoms with Gasteiger partial charge in [-0.05, 0) is 24.3 Å². The molecule has 186 valence electrons. The Bertz CT molecular complexity index is 1430. The van der Waals surface area contributed by atoms with Crippen molar-refractivity contribution in [3.8, 4) is 0 Å². The fraction of sp³-hybridized carbons (Fsp3) is 0.190. The fourth-order valence-electron chi connectivity index (χ4n) is 3.27. The maximum absolute atomic E-state index is 13.4. The molecule has 0 fully saturated rings. The number of benzene rings is 2. The van der Waals surface area contributed by atoms with Crippen LogP contribution in [-0.2, 0) is 12.7 Å². The Kier molecular flexibility index (Phi) is 6.62. The van der Waals surface area contributed by atoms with Crippen molar-refractivity contribution in [2.75, 3.05) is 13.1 Å². The van der Waals surface area contributed by atoms with Crippen molar-refractivity contribution in [3.05, 3.63) is 81.7 Å². The number of aromatic nitrogens is 4. The van der Waals surface area contributed by atoms with E-state index in [0.29, 0.717) is 0 Å². The van der Waals surface area contributed by atoms with Crippen LogP contribution in [0.15, 0.2) is 53.1 Å². The summed E-state index contributed by atoms with van der Waals surface area (Å²) < 4.78 is 46.1. The molecule has 0 aliphatic rings. The van der Waals surface area contributed by atoms with E-state index in [9.17, 15) is 32.9 Å². The smallest absolute Gasteiger partial charge is 0.350 e. The molecule has 2 N–H and O–H groups in total. The van der Waals surface area contributed by atoms with Gasteiger partial charge in [0, 0.05) is 30.8 Å². The zero-order valence-electron chi connectivity index (χ0n) is 18.2. The number of hydrogen-bond acceptors (Lipinski definition) is 8. The third-order valence-corrected chi connectivity index (χ3v) is 4.91. The lowest BCUT2D eigenvalue weighted by Crippen LogP contribution is -2.34. The Hall–Kier alpha value is -4.82. The quantitative estimate of drug-likeness (QED) is 0.211. The summed E-state index contributed by atoms with van der Waals surface area (Å²) in [6, 6.07) is 11.0. The summed E-state index contributed by atoms with van der Waals surface area (Å²) in [5, 5.41) is 19.2. The Morgan fingerprint density at radius 3 is 2.33 bits per heavy atom. The van der Waals surface area contributed by atoms with E-state index in [0.717, 1.165) is 4.57 Å². The van der Waals surface area contributed by atoms with Crippen LogP contribution in [0.3, 0.4) is 0 Å². The minimum Gasteiger partial charge on any atom is -0.350 e. The van der Waals surface area contributed by atoms with Crippen LogP contribution in [-0.4, -0.2) is 49.5 Å². The number of carbonyl (C=O) groups is 2. The van der Waals surface area contributed by atoms with Crippen LogP contribution in [0.4, 0.5) is 18.9 Å². The van der Waals surface area contributed by atoms with Gasteiger partial charge < -0.3 is 19.7 Å². The predicted octanol–water partition coefficient (Wildman–Crippen LogP) is 2.55.